The van der Waals surface area contributed by atoms with Gasteiger partial charge in [-0.15, -0.1) is 5.10 Å². The first-order chi connectivity index (χ1) is 9.69. The molecule has 3 aromatic rings. The Balaban J connectivity index is 2.04. The molecule has 0 radical (unpaired) electrons. The maximum atomic E-state index is 13.8. The van der Waals surface area contributed by atoms with Crippen molar-refractivity contribution in [2.75, 3.05) is 0 Å². The Morgan fingerprint density at radius 2 is 2.15 bits per heavy atom. The van der Waals surface area contributed by atoms with Crippen LogP contribution in [-0.4, -0.2) is 14.2 Å². The van der Waals surface area contributed by atoms with Crippen molar-refractivity contribution in [3.63, 3.8) is 0 Å². The van der Waals surface area contributed by atoms with Gasteiger partial charge in [0.25, 0.3) is 0 Å². The summed E-state index contributed by atoms with van der Waals surface area (Å²) in [5.74, 6) is -0.520. The number of nitrogens with zero attached hydrogens (tertiary/aromatic N) is 4. The maximum absolute atomic E-state index is 13.8. The predicted molar refractivity (Wildman–Crippen MR) is 69.7 cm³/mol. The molecule has 6 heteroatoms. The number of nitriles is 1. The third-order valence-corrected chi connectivity index (χ3v) is 2.99. The van der Waals surface area contributed by atoms with Gasteiger partial charge in [0, 0.05) is 11.8 Å². The van der Waals surface area contributed by atoms with Crippen molar-refractivity contribution in [1.82, 2.24) is 14.2 Å². The van der Waals surface area contributed by atoms with E-state index in [-0.39, 0.29) is 17.8 Å². The zero-order valence-corrected chi connectivity index (χ0v) is 10.3. The second kappa shape index (κ2) is 4.63. The summed E-state index contributed by atoms with van der Waals surface area (Å²) in [4.78, 5) is 12.1. The summed E-state index contributed by atoms with van der Waals surface area (Å²) in [6.45, 7) is 0.0258. The topological polar surface area (TPSA) is 63.1 Å². The summed E-state index contributed by atoms with van der Waals surface area (Å²) < 4.78 is 16.4. The number of fused-ring (bicyclic) bond motifs is 1. The Bertz CT molecular complexity index is 888. The first-order valence-electron chi connectivity index (χ1n) is 5.92. The molecule has 2 heterocycles. The molecule has 0 unspecified atom stereocenters. The molecular weight excluding hydrogens is 259 g/mol. The number of hydrogen-bond donors (Lipinski definition) is 0. The van der Waals surface area contributed by atoms with Gasteiger partial charge in [-0.05, 0) is 24.3 Å². The lowest BCUT2D eigenvalue weighted by Gasteiger charge is -2.02. The molecule has 0 fully saturated rings. The van der Waals surface area contributed by atoms with Crippen LogP contribution in [0.2, 0.25) is 0 Å². The quantitative estimate of drug-likeness (QED) is 0.708. The molecule has 20 heavy (non-hydrogen) atoms. The fourth-order valence-corrected chi connectivity index (χ4v) is 1.98. The predicted octanol–water partition coefficient (Wildman–Crippen LogP) is 1.56. The van der Waals surface area contributed by atoms with Gasteiger partial charge in [0.2, 0.25) is 0 Å². The van der Waals surface area contributed by atoms with Crippen molar-refractivity contribution in [1.29, 1.82) is 5.26 Å². The summed E-state index contributed by atoms with van der Waals surface area (Å²) in [6, 6.07) is 11.2. The molecule has 0 saturated heterocycles. The maximum Gasteiger partial charge on any atom is 0.350 e. The fourth-order valence-electron chi connectivity index (χ4n) is 1.98. The second-order valence-electron chi connectivity index (χ2n) is 4.29. The van der Waals surface area contributed by atoms with Gasteiger partial charge in [0.1, 0.15) is 5.82 Å². The highest BCUT2D eigenvalue weighted by atomic mass is 19.1. The Morgan fingerprint density at radius 3 is 2.85 bits per heavy atom. The average Bonchev–Trinajstić information content (AvgIpc) is 2.78. The standard InChI is InChI=1S/C14H9FN4O/c15-12-7-10(8-16)4-5-11(12)9-19-14(20)18-6-2-1-3-13(18)17-19/h1-7H,9H2. The van der Waals surface area contributed by atoms with Gasteiger partial charge in [-0.1, -0.05) is 12.1 Å². The molecule has 0 aliphatic heterocycles. The SMILES string of the molecule is N#Cc1ccc(Cn2nc3ccccn3c2=O)c(F)c1. The van der Waals surface area contributed by atoms with Crippen molar-refractivity contribution >= 4 is 5.65 Å². The van der Waals surface area contributed by atoms with Gasteiger partial charge < -0.3 is 0 Å². The molecule has 0 N–H and O–H groups in total. The molecule has 0 amide bonds. The van der Waals surface area contributed by atoms with Gasteiger partial charge >= 0.3 is 5.69 Å². The molecular formula is C14H9FN4O. The van der Waals surface area contributed by atoms with Gasteiger partial charge in [-0.2, -0.15) is 5.26 Å². The molecule has 98 valence electrons. The zero-order valence-electron chi connectivity index (χ0n) is 10.3. The van der Waals surface area contributed by atoms with Crippen LogP contribution in [0.25, 0.3) is 5.65 Å². The molecule has 3 rings (SSSR count). The van der Waals surface area contributed by atoms with Crippen LogP contribution in [0.4, 0.5) is 4.39 Å². The average molecular weight is 268 g/mol. The Labute approximate surface area is 113 Å². The highest BCUT2D eigenvalue weighted by molar-refractivity contribution is 5.36. The lowest BCUT2D eigenvalue weighted by Crippen LogP contribution is -2.22. The van der Waals surface area contributed by atoms with E-state index in [0.29, 0.717) is 11.2 Å². The van der Waals surface area contributed by atoms with E-state index in [1.807, 2.05) is 6.07 Å². The van der Waals surface area contributed by atoms with Gasteiger partial charge in [0.15, 0.2) is 5.65 Å². The van der Waals surface area contributed by atoms with Crippen molar-refractivity contribution in [3.05, 3.63) is 70.0 Å². The van der Waals surface area contributed by atoms with E-state index in [9.17, 15) is 9.18 Å². The van der Waals surface area contributed by atoms with E-state index < -0.39 is 5.82 Å². The summed E-state index contributed by atoms with van der Waals surface area (Å²) in [7, 11) is 0. The molecule has 2 aromatic heterocycles. The summed E-state index contributed by atoms with van der Waals surface area (Å²) in [6.07, 6.45) is 1.61. The second-order valence-corrected chi connectivity index (χ2v) is 4.29. The van der Waals surface area contributed by atoms with Crippen molar-refractivity contribution in [2.24, 2.45) is 0 Å². The van der Waals surface area contributed by atoms with Gasteiger partial charge in [0.05, 0.1) is 18.2 Å². The van der Waals surface area contributed by atoms with Crippen LogP contribution in [0, 0.1) is 17.1 Å². The number of benzene rings is 1. The first kappa shape index (κ1) is 12.1. The third kappa shape index (κ3) is 1.95. The number of halogens is 1. The smallest absolute Gasteiger partial charge is 0.250 e. The summed E-state index contributed by atoms with van der Waals surface area (Å²) >= 11 is 0. The third-order valence-electron chi connectivity index (χ3n) is 2.99. The molecule has 0 bridgehead atoms. The molecule has 5 nitrogen and oxygen atoms in total. The van der Waals surface area contributed by atoms with Crippen molar-refractivity contribution < 1.29 is 4.39 Å². The summed E-state index contributed by atoms with van der Waals surface area (Å²) in [5, 5.41) is 12.8. The lowest BCUT2D eigenvalue weighted by molar-refractivity contribution is 0.578. The normalized spacial score (nSPS) is 10.6. The lowest BCUT2D eigenvalue weighted by atomic mass is 10.1. The van der Waals surface area contributed by atoms with Gasteiger partial charge in [-0.25, -0.2) is 13.9 Å². The minimum absolute atomic E-state index is 0.0258. The van der Waals surface area contributed by atoms with E-state index in [4.69, 9.17) is 5.26 Å². The Morgan fingerprint density at radius 1 is 1.30 bits per heavy atom. The van der Waals surface area contributed by atoms with Crippen LogP contribution >= 0.6 is 0 Å². The molecule has 0 spiro atoms. The molecule has 0 saturated carbocycles. The number of rotatable bonds is 2. The minimum atomic E-state index is -0.520. The van der Waals surface area contributed by atoms with Crippen molar-refractivity contribution in [2.45, 2.75) is 6.54 Å². The highest BCUT2D eigenvalue weighted by Gasteiger charge is 2.09. The molecule has 0 aliphatic carbocycles. The monoisotopic (exact) mass is 268 g/mol. The molecule has 1 aromatic carbocycles. The van der Waals surface area contributed by atoms with Crippen molar-refractivity contribution in [3.8, 4) is 6.07 Å². The van der Waals surface area contributed by atoms with Crippen LogP contribution in [0.1, 0.15) is 11.1 Å². The summed E-state index contributed by atoms with van der Waals surface area (Å²) in [5.41, 5.74) is 0.735. The molecule has 0 aliphatic rings. The van der Waals surface area contributed by atoms with E-state index in [0.717, 1.165) is 6.07 Å². The van der Waals surface area contributed by atoms with Crippen LogP contribution < -0.4 is 5.69 Å². The molecule has 0 atom stereocenters. The highest BCUT2D eigenvalue weighted by Crippen LogP contribution is 2.11. The van der Waals surface area contributed by atoms with Crippen LogP contribution in [-0.2, 0) is 6.54 Å². The zero-order chi connectivity index (χ0) is 14.1. The van der Waals surface area contributed by atoms with Crippen LogP contribution in [0.15, 0.2) is 47.4 Å². The largest absolute Gasteiger partial charge is 0.350 e. The van der Waals surface area contributed by atoms with E-state index in [1.54, 1.807) is 24.4 Å². The van der Waals surface area contributed by atoms with E-state index >= 15 is 0 Å². The van der Waals surface area contributed by atoms with E-state index in [2.05, 4.69) is 5.10 Å². The van der Waals surface area contributed by atoms with Crippen LogP contribution in [0.5, 0.6) is 0 Å². The number of aromatic nitrogens is 3. The number of hydrogen-bond acceptors (Lipinski definition) is 3. The number of pyridine rings is 1. The van der Waals surface area contributed by atoms with Gasteiger partial charge in [-0.3, -0.25) is 4.40 Å². The van der Waals surface area contributed by atoms with E-state index in [1.165, 1.54) is 21.2 Å². The Kier molecular flexibility index (Phi) is 2.80. The fraction of sp³-hybridized carbons (Fsp3) is 0.0714. The van der Waals surface area contributed by atoms with Crippen LogP contribution in [0.3, 0.4) is 0 Å². The Hall–Kier alpha value is -2.94. The first-order valence-corrected chi connectivity index (χ1v) is 5.92. The minimum Gasteiger partial charge on any atom is -0.250 e.